The third-order valence-electron chi connectivity index (χ3n) is 2.66. The topological polar surface area (TPSA) is 58.5 Å². The van der Waals surface area contributed by atoms with E-state index < -0.39 is 0 Å². The molecule has 0 fully saturated rings. The Kier molecular flexibility index (Phi) is 2.51. The average Bonchev–Trinajstić information content (AvgIpc) is 2.53. The summed E-state index contributed by atoms with van der Waals surface area (Å²) >= 11 is 0. The van der Waals surface area contributed by atoms with Gasteiger partial charge in [-0.25, -0.2) is 0 Å². The zero-order valence-electron chi connectivity index (χ0n) is 8.80. The van der Waals surface area contributed by atoms with Crippen molar-refractivity contribution in [3.8, 4) is 0 Å². The molecule has 1 atom stereocenters. The number of hydrogen-bond acceptors (Lipinski definition) is 4. The SMILES string of the molecule is CN1C=CN(Cc2ccccc2N)[C@@H]1N. The Hall–Kier alpha value is -1.68. The maximum absolute atomic E-state index is 5.97. The molecule has 0 spiro atoms. The molecule has 1 heterocycles. The second-order valence-electron chi connectivity index (χ2n) is 3.75. The van der Waals surface area contributed by atoms with Crippen LogP contribution in [0.4, 0.5) is 5.69 Å². The Morgan fingerprint density at radius 1 is 1.27 bits per heavy atom. The summed E-state index contributed by atoms with van der Waals surface area (Å²) in [6, 6.07) is 7.85. The van der Waals surface area contributed by atoms with E-state index in [4.69, 9.17) is 11.5 Å². The predicted molar refractivity (Wildman–Crippen MR) is 61.3 cm³/mol. The van der Waals surface area contributed by atoms with Gasteiger partial charge in [0.1, 0.15) is 0 Å². The van der Waals surface area contributed by atoms with Gasteiger partial charge in [0, 0.05) is 31.7 Å². The highest BCUT2D eigenvalue weighted by Crippen LogP contribution is 2.17. The number of rotatable bonds is 2. The van der Waals surface area contributed by atoms with E-state index in [0.717, 1.165) is 17.8 Å². The minimum Gasteiger partial charge on any atom is -0.398 e. The minimum absolute atomic E-state index is 0.0930. The van der Waals surface area contributed by atoms with Crippen LogP contribution >= 0.6 is 0 Å². The fraction of sp³-hybridized carbons (Fsp3) is 0.273. The molecule has 0 amide bonds. The minimum atomic E-state index is -0.0930. The first-order valence-corrected chi connectivity index (χ1v) is 4.93. The quantitative estimate of drug-likeness (QED) is 0.697. The lowest BCUT2D eigenvalue weighted by Gasteiger charge is -2.26. The van der Waals surface area contributed by atoms with Crippen LogP contribution in [0.2, 0.25) is 0 Å². The molecule has 15 heavy (non-hydrogen) atoms. The third kappa shape index (κ3) is 1.89. The summed E-state index contributed by atoms with van der Waals surface area (Å²) in [5.41, 5.74) is 13.8. The summed E-state index contributed by atoms with van der Waals surface area (Å²) in [5, 5.41) is 0. The Balaban J connectivity index is 2.10. The van der Waals surface area contributed by atoms with Gasteiger partial charge in [-0.05, 0) is 11.6 Å². The fourth-order valence-electron chi connectivity index (χ4n) is 1.62. The van der Waals surface area contributed by atoms with Gasteiger partial charge in [0.15, 0.2) is 6.29 Å². The summed E-state index contributed by atoms with van der Waals surface area (Å²) in [5.74, 6) is 0. The lowest BCUT2D eigenvalue weighted by atomic mass is 10.2. The molecule has 0 radical (unpaired) electrons. The average molecular weight is 204 g/mol. The first-order chi connectivity index (χ1) is 7.18. The van der Waals surface area contributed by atoms with Crippen molar-refractivity contribution in [1.29, 1.82) is 0 Å². The predicted octanol–water partition coefficient (Wildman–Crippen LogP) is 0.730. The normalized spacial score (nSPS) is 20.0. The Morgan fingerprint density at radius 2 is 2.00 bits per heavy atom. The van der Waals surface area contributed by atoms with Crippen LogP contribution in [-0.2, 0) is 6.54 Å². The molecule has 80 valence electrons. The maximum atomic E-state index is 5.97. The molecule has 4 nitrogen and oxygen atoms in total. The molecule has 1 aromatic rings. The smallest absolute Gasteiger partial charge is 0.154 e. The first-order valence-electron chi connectivity index (χ1n) is 4.93. The van der Waals surface area contributed by atoms with Crippen molar-refractivity contribution >= 4 is 5.69 Å². The third-order valence-corrected chi connectivity index (χ3v) is 2.66. The van der Waals surface area contributed by atoms with E-state index in [1.807, 2.05) is 53.5 Å². The molecule has 1 aliphatic heterocycles. The first kappa shape index (κ1) is 9.86. The number of nitrogens with two attached hydrogens (primary N) is 2. The van der Waals surface area contributed by atoms with Gasteiger partial charge in [0.2, 0.25) is 0 Å². The Morgan fingerprint density at radius 3 is 2.60 bits per heavy atom. The van der Waals surface area contributed by atoms with Crippen molar-refractivity contribution in [3.63, 3.8) is 0 Å². The van der Waals surface area contributed by atoms with Crippen molar-refractivity contribution < 1.29 is 0 Å². The highest BCUT2D eigenvalue weighted by molar-refractivity contribution is 5.46. The van der Waals surface area contributed by atoms with Gasteiger partial charge in [-0.15, -0.1) is 0 Å². The number of benzene rings is 1. The number of hydrogen-bond donors (Lipinski definition) is 2. The molecule has 0 saturated carbocycles. The summed E-state index contributed by atoms with van der Waals surface area (Å²) in [7, 11) is 1.95. The number of nitrogen functional groups attached to an aromatic ring is 1. The highest BCUT2D eigenvalue weighted by atomic mass is 15.4. The fourth-order valence-corrected chi connectivity index (χ4v) is 1.62. The van der Waals surface area contributed by atoms with Gasteiger partial charge >= 0.3 is 0 Å². The Labute approximate surface area is 89.8 Å². The number of para-hydroxylation sites is 1. The van der Waals surface area contributed by atoms with Crippen molar-refractivity contribution in [2.45, 2.75) is 12.8 Å². The second-order valence-corrected chi connectivity index (χ2v) is 3.75. The van der Waals surface area contributed by atoms with Gasteiger partial charge in [0.05, 0.1) is 0 Å². The number of nitrogens with zero attached hydrogens (tertiary/aromatic N) is 2. The second kappa shape index (κ2) is 3.82. The molecular weight excluding hydrogens is 188 g/mol. The van der Waals surface area contributed by atoms with E-state index in [0.29, 0.717) is 0 Å². The lowest BCUT2D eigenvalue weighted by Crippen LogP contribution is -2.43. The zero-order chi connectivity index (χ0) is 10.8. The molecular formula is C11H16N4. The molecule has 0 aromatic heterocycles. The van der Waals surface area contributed by atoms with Crippen LogP contribution in [0.15, 0.2) is 36.7 Å². The van der Waals surface area contributed by atoms with Crippen molar-refractivity contribution in [2.75, 3.05) is 12.8 Å². The highest BCUT2D eigenvalue weighted by Gasteiger charge is 2.19. The standard InChI is InChI=1S/C11H16N4/c1-14-6-7-15(11(14)13)8-9-4-2-3-5-10(9)12/h2-7,11H,8,12-13H2,1H3/t11-/m1/s1. The van der Waals surface area contributed by atoms with Crippen LogP contribution < -0.4 is 11.5 Å². The van der Waals surface area contributed by atoms with Crippen LogP contribution in [0.1, 0.15) is 5.56 Å². The van der Waals surface area contributed by atoms with Crippen molar-refractivity contribution in [2.24, 2.45) is 5.73 Å². The molecule has 0 unspecified atom stereocenters. The molecule has 4 N–H and O–H groups in total. The van der Waals surface area contributed by atoms with Crippen molar-refractivity contribution in [1.82, 2.24) is 9.80 Å². The van der Waals surface area contributed by atoms with Crippen LogP contribution in [0.5, 0.6) is 0 Å². The molecule has 0 aliphatic carbocycles. The molecule has 4 heteroatoms. The van der Waals surface area contributed by atoms with Crippen LogP contribution in [-0.4, -0.2) is 23.1 Å². The molecule has 1 aromatic carbocycles. The van der Waals surface area contributed by atoms with Gasteiger partial charge in [0.25, 0.3) is 0 Å². The van der Waals surface area contributed by atoms with Gasteiger partial charge in [-0.1, -0.05) is 18.2 Å². The van der Waals surface area contributed by atoms with Crippen molar-refractivity contribution in [3.05, 3.63) is 42.2 Å². The number of anilines is 1. The van der Waals surface area contributed by atoms with Crippen LogP contribution in [0, 0.1) is 0 Å². The summed E-state index contributed by atoms with van der Waals surface area (Å²) in [4.78, 5) is 4.00. The van der Waals surface area contributed by atoms with E-state index in [-0.39, 0.29) is 6.29 Å². The zero-order valence-corrected chi connectivity index (χ0v) is 8.80. The van der Waals surface area contributed by atoms with E-state index in [1.165, 1.54) is 0 Å². The van der Waals surface area contributed by atoms with E-state index in [2.05, 4.69) is 0 Å². The van der Waals surface area contributed by atoms with Gasteiger partial charge < -0.3 is 15.5 Å². The molecule has 0 saturated heterocycles. The summed E-state index contributed by atoms with van der Waals surface area (Å²) in [6.07, 6.45) is 3.85. The van der Waals surface area contributed by atoms with Gasteiger partial charge in [-0.3, -0.25) is 5.73 Å². The summed E-state index contributed by atoms with van der Waals surface area (Å²) < 4.78 is 0. The lowest BCUT2D eigenvalue weighted by molar-refractivity contribution is 0.177. The van der Waals surface area contributed by atoms with E-state index >= 15 is 0 Å². The molecule has 0 bridgehead atoms. The van der Waals surface area contributed by atoms with E-state index in [1.54, 1.807) is 0 Å². The monoisotopic (exact) mass is 204 g/mol. The summed E-state index contributed by atoms with van der Waals surface area (Å²) in [6.45, 7) is 0.745. The largest absolute Gasteiger partial charge is 0.398 e. The van der Waals surface area contributed by atoms with Crippen LogP contribution in [0.3, 0.4) is 0 Å². The van der Waals surface area contributed by atoms with Gasteiger partial charge in [-0.2, -0.15) is 0 Å². The van der Waals surface area contributed by atoms with E-state index in [9.17, 15) is 0 Å². The van der Waals surface area contributed by atoms with Crippen LogP contribution in [0.25, 0.3) is 0 Å². The molecule has 2 rings (SSSR count). The maximum Gasteiger partial charge on any atom is 0.154 e. The Bertz CT molecular complexity index is 375. The molecule has 1 aliphatic rings.